The molecule has 0 atom stereocenters. The molecule has 1 rings (SSSR count). The molecular formula is C6H7NaOS3. The van der Waals surface area contributed by atoms with Crippen LogP contribution >= 0.6 is 37.5 Å². The minimum absolute atomic E-state index is 0.389. The van der Waals surface area contributed by atoms with Crippen LogP contribution in [0.15, 0.2) is 22.8 Å². The zero-order valence-corrected chi connectivity index (χ0v) is 10.8. The molecule has 0 aliphatic carbocycles. The normalized spacial score (nSPS) is 8.36. The maximum atomic E-state index is 5.02. The fourth-order valence-corrected chi connectivity index (χ4v) is 0.916. The second kappa shape index (κ2) is 7.71. The molecule has 0 amide bonds. The van der Waals surface area contributed by atoms with Gasteiger partial charge in [0.25, 0.3) is 0 Å². The van der Waals surface area contributed by atoms with Crippen molar-refractivity contribution >= 4 is 68.9 Å². The summed E-state index contributed by atoms with van der Waals surface area (Å²) in [7, 11) is 0. The Bertz CT molecular complexity index is 194. The van der Waals surface area contributed by atoms with Gasteiger partial charge in [-0.3, -0.25) is 0 Å². The molecule has 0 bridgehead atoms. The topological polar surface area (TPSA) is 13.1 Å². The van der Waals surface area contributed by atoms with Crippen LogP contribution in [-0.2, 0) is 3.67 Å². The van der Waals surface area contributed by atoms with E-state index in [1.165, 1.54) is 27.9 Å². The summed E-state index contributed by atoms with van der Waals surface area (Å²) >= 11 is 12.6. The Kier molecular flexibility index (Phi) is 8.45. The molecule has 5 heteroatoms. The summed E-state index contributed by atoms with van der Waals surface area (Å²) in [5.74, 6) is 1.12. The number of hydrogen-bond acceptors (Lipinski definition) is 2. The van der Waals surface area contributed by atoms with Crippen LogP contribution in [0, 0.1) is 0 Å². The molecule has 0 fully saturated rings. The van der Waals surface area contributed by atoms with Gasteiger partial charge >= 0.3 is 60.2 Å². The van der Waals surface area contributed by atoms with Gasteiger partial charge in [0.05, 0.1) is 3.53 Å². The molecule has 0 aromatic carbocycles. The van der Waals surface area contributed by atoms with Crippen molar-refractivity contribution in [3.05, 3.63) is 24.2 Å². The van der Waals surface area contributed by atoms with Crippen molar-refractivity contribution in [2.24, 2.45) is 0 Å². The number of rotatable bonds is 1. The van der Waals surface area contributed by atoms with E-state index in [1.54, 1.807) is 6.26 Å². The summed E-state index contributed by atoms with van der Waals surface area (Å²) in [6, 6.07) is 3.93. The summed E-state index contributed by atoms with van der Waals surface area (Å²) in [5.41, 5.74) is 0. The Labute approximate surface area is 100 Å². The molecule has 0 saturated carbocycles. The molecule has 11 heavy (non-hydrogen) atoms. The van der Waals surface area contributed by atoms with E-state index in [1.807, 2.05) is 12.1 Å². The number of thiocarbonyl (C=S) groups is 1. The average molecular weight is 214 g/mol. The van der Waals surface area contributed by atoms with Crippen molar-refractivity contribution in [1.82, 2.24) is 0 Å². The van der Waals surface area contributed by atoms with E-state index >= 15 is 0 Å². The zero-order chi connectivity index (χ0) is 8.69. The second-order valence-corrected chi connectivity index (χ2v) is 4.68. The van der Waals surface area contributed by atoms with Gasteiger partial charge in [0, 0.05) is 0 Å². The minimum atomic E-state index is 0.389. The van der Waals surface area contributed by atoms with E-state index in [2.05, 4.69) is 37.5 Å². The van der Waals surface area contributed by atoms with Gasteiger partial charge in [-0.05, 0) is 0 Å². The van der Waals surface area contributed by atoms with Crippen LogP contribution in [0.4, 0.5) is 0 Å². The first-order valence-electron chi connectivity index (χ1n) is 3.11. The van der Waals surface area contributed by atoms with Gasteiger partial charge in [-0.2, -0.15) is 0 Å². The van der Waals surface area contributed by atoms with Gasteiger partial charge in [0.1, 0.15) is 0 Å². The van der Waals surface area contributed by atoms with Crippen LogP contribution in [0.1, 0.15) is 5.76 Å². The van der Waals surface area contributed by atoms with E-state index in [4.69, 9.17) is 4.42 Å². The van der Waals surface area contributed by atoms with E-state index in [-0.39, 0.29) is 0 Å². The van der Waals surface area contributed by atoms with E-state index in [0.717, 1.165) is 9.43 Å². The fourth-order valence-electron chi connectivity index (χ4n) is 0.514. The maximum absolute atomic E-state index is 5.02. The predicted molar refractivity (Wildman–Crippen MR) is 58.7 cm³/mol. The zero-order valence-electron chi connectivity index (χ0n) is 6.15. The van der Waals surface area contributed by atoms with Gasteiger partial charge in [-0.1, -0.05) is 12.2 Å². The first-order valence-corrected chi connectivity index (χ1v) is 5.82. The van der Waals surface area contributed by atoms with Crippen LogP contribution in [0.2, 0.25) is 0 Å². The van der Waals surface area contributed by atoms with Crippen LogP contribution < -0.4 is 0 Å². The molecule has 0 aliphatic heterocycles. The summed E-state index contributed by atoms with van der Waals surface area (Å²) < 4.78 is 6.54. The van der Waals surface area contributed by atoms with E-state index in [0.29, 0.717) is 3.53 Å². The molecule has 0 N–H and O–H groups in total. The standard InChI is InChI=1S/C5H5O.CH2S3.Na/c1-5-3-2-4-6-5;2-1(3)4;/h2-4H,1H2;(H2,2,3,4);. The molecule has 0 saturated heterocycles. The molecule has 0 radical (unpaired) electrons. The molecule has 1 aromatic rings. The number of thiol groups is 2. The van der Waals surface area contributed by atoms with Gasteiger partial charge in [0.15, 0.2) is 0 Å². The second-order valence-electron chi connectivity index (χ2n) is 1.72. The number of hydrogen-bond donors (Lipinski definition) is 2. The third-order valence-electron chi connectivity index (χ3n) is 0.929. The Morgan fingerprint density at radius 3 is 2.36 bits per heavy atom. The van der Waals surface area contributed by atoms with Crippen LogP contribution in [0.5, 0.6) is 0 Å². The molecule has 1 aromatic heterocycles. The fraction of sp³-hybridized carbons (Fsp3) is 0.167. The van der Waals surface area contributed by atoms with E-state index in [9.17, 15) is 0 Å². The molecular weight excluding hydrogens is 207 g/mol. The molecule has 1 nitrogen and oxygen atoms in total. The first kappa shape index (κ1) is 12.1. The molecule has 1 heterocycles. The SMILES string of the molecule is S=C(S)S.[Na][CH2]c1ccco1. The van der Waals surface area contributed by atoms with Gasteiger partial charge in [-0.15, -0.1) is 25.3 Å². The van der Waals surface area contributed by atoms with Gasteiger partial charge in [-0.25, -0.2) is 0 Å². The summed E-state index contributed by atoms with van der Waals surface area (Å²) in [6.07, 6.45) is 1.72. The van der Waals surface area contributed by atoms with Crippen molar-refractivity contribution in [3.8, 4) is 0 Å². The van der Waals surface area contributed by atoms with Crippen molar-refractivity contribution in [1.29, 1.82) is 0 Å². The third-order valence-corrected chi connectivity index (χ3v) is 1.63. The van der Waals surface area contributed by atoms with Crippen molar-refractivity contribution in [3.63, 3.8) is 0 Å². The Hall–Kier alpha value is 1.07. The van der Waals surface area contributed by atoms with Crippen molar-refractivity contribution < 1.29 is 4.42 Å². The van der Waals surface area contributed by atoms with Crippen LogP contribution in [0.3, 0.4) is 0 Å². The summed E-state index contributed by atoms with van der Waals surface area (Å²) in [5, 5.41) is 0. The van der Waals surface area contributed by atoms with E-state index < -0.39 is 0 Å². The van der Waals surface area contributed by atoms with Crippen molar-refractivity contribution in [2.75, 3.05) is 0 Å². The summed E-state index contributed by atoms with van der Waals surface area (Å²) in [4.78, 5) is 0. The molecule has 0 aliphatic rings. The van der Waals surface area contributed by atoms with Gasteiger partial charge < -0.3 is 0 Å². The quantitative estimate of drug-likeness (QED) is 0.422. The monoisotopic (exact) mass is 214 g/mol. The number of furan rings is 1. The van der Waals surface area contributed by atoms with Crippen LogP contribution in [-0.4, -0.2) is 31.5 Å². The average Bonchev–Trinajstić information content (AvgIpc) is 2.36. The first-order chi connectivity index (χ1) is 5.16. The Morgan fingerprint density at radius 1 is 1.64 bits per heavy atom. The van der Waals surface area contributed by atoms with Crippen molar-refractivity contribution in [2.45, 2.75) is 3.67 Å². The molecule has 56 valence electrons. The molecule has 0 spiro atoms. The Morgan fingerprint density at radius 2 is 2.18 bits per heavy atom. The third kappa shape index (κ3) is 8.98. The summed E-state index contributed by atoms with van der Waals surface area (Å²) in [6.45, 7) is 0. The Balaban J connectivity index is 0.000000218. The predicted octanol–water partition coefficient (Wildman–Crippen LogP) is 2.08. The molecule has 0 unspecified atom stereocenters. The van der Waals surface area contributed by atoms with Crippen LogP contribution in [0.25, 0.3) is 0 Å². The van der Waals surface area contributed by atoms with Gasteiger partial charge in [0.2, 0.25) is 0 Å².